The first-order valence-corrected chi connectivity index (χ1v) is 9.80. The molecule has 5 heteroatoms. The van der Waals surface area contributed by atoms with Crippen LogP contribution >= 0.6 is 23.2 Å². The Labute approximate surface area is 175 Å². The largest absolute Gasteiger partial charge is 0.457 e. The molecule has 3 aromatic carbocycles. The first-order valence-electron chi connectivity index (χ1n) is 9.05. The molecule has 0 bridgehead atoms. The highest BCUT2D eigenvalue weighted by molar-refractivity contribution is 6.30. The van der Waals surface area contributed by atoms with Crippen molar-refractivity contribution in [2.75, 3.05) is 13.6 Å². The molecule has 0 radical (unpaired) electrons. The van der Waals surface area contributed by atoms with Crippen molar-refractivity contribution in [1.29, 1.82) is 0 Å². The second-order valence-electron chi connectivity index (χ2n) is 6.54. The monoisotopic (exact) mass is 413 g/mol. The highest BCUT2D eigenvalue weighted by atomic mass is 35.5. The summed E-state index contributed by atoms with van der Waals surface area (Å²) in [5.41, 5.74) is 1.81. The Morgan fingerprint density at radius 2 is 1.54 bits per heavy atom. The molecule has 0 aliphatic heterocycles. The van der Waals surface area contributed by atoms with Crippen LogP contribution in [0.15, 0.2) is 72.8 Å². The normalized spacial score (nSPS) is 10.5. The van der Waals surface area contributed by atoms with E-state index in [9.17, 15) is 4.79 Å². The minimum absolute atomic E-state index is 0.0101. The van der Waals surface area contributed by atoms with Crippen molar-refractivity contribution in [3.8, 4) is 11.5 Å². The molecular weight excluding hydrogens is 393 g/mol. The van der Waals surface area contributed by atoms with Crippen LogP contribution in [0, 0.1) is 0 Å². The number of carbonyl (C=O) groups is 1. The number of hydrogen-bond donors (Lipinski definition) is 0. The molecule has 0 aromatic heterocycles. The average molecular weight is 414 g/mol. The number of nitrogens with zero attached hydrogens (tertiary/aromatic N) is 1. The van der Waals surface area contributed by atoms with Gasteiger partial charge in [-0.2, -0.15) is 0 Å². The summed E-state index contributed by atoms with van der Waals surface area (Å²) in [5, 5.41) is 1.40. The van der Waals surface area contributed by atoms with E-state index >= 15 is 0 Å². The van der Waals surface area contributed by atoms with E-state index in [1.54, 1.807) is 53.4 Å². The van der Waals surface area contributed by atoms with Crippen molar-refractivity contribution >= 4 is 29.1 Å². The Hall–Kier alpha value is -2.49. The number of amides is 1. The van der Waals surface area contributed by atoms with E-state index in [4.69, 9.17) is 27.9 Å². The van der Waals surface area contributed by atoms with Gasteiger partial charge in [-0.25, -0.2) is 0 Å². The molecule has 0 spiro atoms. The fraction of sp³-hybridized carbons (Fsp3) is 0.174. The molecule has 0 heterocycles. The van der Waals surface area contributed by atoms with E-state index in [2.05, 4.69) is 0 Å². The number of halogens is 2. The summed E-state index contributed by atoms with van der Waals surface area (Å²) in [4.78, 5) is 14.3. The van der Waals surface area contributed by atoms with Gasteiger partial charge in [0.1, 0.15) is 11.5 Å². The van der Waals surface area contributed by atoms with Crippen molar-refractivity contribution in [3.63, 3.8) is 0 Å². The Morgan fingerprint density at radius 3 is 2.18 bits per heavy atom. The quantitative estimate of drug-likeness (QED) is 0.442. The molecule has 0 N–H and O–H groups in total. The van der Waals surface area contributed by atoms with Crippen LogP contribution in [0.3, 0.4) is 0 Å². The van der Waals surface area contributed by atoms with Crippen LogP contribution in [0.1, 0.15) is 22.3 Å². The minimum Gasteiger partial charge on any atom is -0.457 e. The lowest BCUT2D eigenvalue weighted by molar-refractivity contribution is 0.0793. The third-order valence-electron chi connectivity index (χ3n) is 4.35. The molecule has 0 aliphatic rings. The van der Waals surface area contributed by atoms with Gasteiger partial charge in [0.2, 0.25) is 0 Å². The lowest BCUT2D eigenvalue weighted by Crippen LogP contribution is -2.27. The molecule has 0 atom stereocenters. The van der Waals surface area contributed by atoms with Crippen molar-refractivity contribution in [1.82, 2.24) is 4.90 Å². The van der Waals surface area contributed by atoms with Crippen molar-refractivity contribution < 1.29 is 9.53 Å². The summed E-state index contributed by atoms with van der Waals surface area (Å²) in [6.07, 6.45) is 1.76. The summed E-state index contributed by atoms with van der Waals surface area (Å²) >= 11 is 11.9. The zero-order valence-corrected chi connectivity index (χ0v) is 17.1. The standard InChI is InChI=1S/C23H21Cl2NO2/c1-26(15-3-5-17-4-2-6-20(25)16-17)23(27)18-7-11-21(12-8-18)28-22-13-9-19(24)10-14-22/h2,4,6-14,16H,3,5,15H2,1H3. The first kappa shape index (κ1) is 20.2. The van der Waals surface area contributed by atoms with E-state index < -0.39 is 0 Å². The minimum atomic E-state index is -0.0101. The maximum atomic E-state index is 12.6. The molecular formula is C23H21Cl2NO2. The molecule has 3 rings (SSSR count). The van der Waals surface area contributed by atoms with Gasteiger partial charge in [-0.05, 0) is 79.1 Å². The third-order valence-corrected chi connectivity index (χ3v) is 4.83. The second kappa shape index (κ2) is 9.63. The molecule has 28 heavy (non-hydrogen) atoms. The number of aryl methyl sites for hydroxylation is 1. The highest BCUT2D eigenvalue weighted by Gasteiger charge is 2.11. The zero-order valence-electron chi connectivity index (χ0n) is 15.6. The fourth-order valence-electron chi connectivity index (χ4n) is 2.84. The van der Waals surface area contributed by atoms with E-state index in [0.29, 0.717) is 28.6 Å². The van der Waals surface area contributed by atoms with Crippen molar-refractivity contribution in [2.24, 2.45) is 0 Å². The topological polar surface area (TPSA) is 29.5 Å². The SMILES string of the molecule is CN(CCCc1cccc(Cl)c1)C(=O)c1ccc(Oc2ccc(Cl)cc2)cc1. The molecule has 1 amide bonds. The zero-order chi connectivity index (χ0) is 19.9. The molecule has 0 fully saturated rings. The van der Waals surface area contributed by atoms with Crippen LogP contribution in [-0.2, 0) is 6.42 Å². The number of rotatable bonds is 7. The summed E-state index contributed by atoms with van der Waals surface area (Å²) in [6, 6.07) is 22.1. The Balaban J connectivity index is 1.52. The predicted octanol–water partition coefficient (Wildman–Crippen LogP) is 6.49. The smallest absolute Gasteiger partial charge is 0.253 e. The molecule has 3 aromatic rings. The Bertz CT molecular complexity index is 924. The van der Waals surface area contributed by atoms with Gasteiger partial charge in [-0.3, -0.25) is 4.79 Å². The lowest BCUT2D eigenvalue weighted by atomic mass is 10.1. The van der Waals surface area contributed by atoms with Gasteiger partial charge in [0.15, 0.2) is 0 Å². The molecule has 144 valence electrons. The average Bonchev–Trinajstić information content (AvgIpc) is 2.70. The van der Waals surface area contributed by atoms with Crippen LogP contribution in [0.5, 0.6) is 11.5 Å². The highest BCUT2D eigenvalue weighted by Crippen LogP contribution is 2.23. The van der Waals surface area contributed by atoms with Crippen LogP contribution in [0.25, 0.3) is 0 Å². The van der Waals surface area contributed by atoms with Crippen molar-refractivity contribution in [2.45, 2.75) is 12.8 Å². The van der Waals surface area contributed by atoms with E-state index in [1.807, 2.05) is 31.3 Å². The van der Waals surface area contributed by atoms with Crippen molar-refractivity contribution in [3.05, 3.63) is 94.0 Å². The lowest BCUT2D eigenvalue weighted by Gasteiger charge is -2.17. The van der Waals surface area contributed by atoms with Crippen LogP contribution in [-0.4, -0.2) is 24.4 Å². The van der Waals surface area contributed by atoms with Crippen LogP contribution in [0.4, 0.5) is 0 Å². The number of hydrogen-bond acceptors (Lipinski definition) is 2. The number of benzene rings is 3. The molecule has 0 aliphatic carbocycles. The second-order valence-corrected chi connectivity index (χ2v) is 7.41. The fourth-order valence-corrected chi connectivity index (χ4v) is 3.18. The van der Waals surface area contributed by atoms with Gasteiger partial charge in [-0.15, -0.1) is 0 Å². The van der Waals surface area contributed by atoms with Gasteiger partial charge >= 0.3 is 0 Å². The predicted molar refractivity (Wildman–Crippen MR) is 115 cm³/mol. The molecule has 0 saturated carbocycles. The number of ether oxygens (including phenoxy) is 1. The summed E-state index contributed by atoms with van der Waals surface area (Å²) in [5.74, 6) is 1.35. The van der Waals surface area contributed by atoms with E-state index in [1.165, 1.54) is 5.56 Å². The van der Waals surface area contributed by atoms with E-state index in [-0.39, 0.29) is 5.91 Å². The molecule has 0 unspecified atom stereocenters. The Kier molecular flexibility index (Phi) is 6.96. The molecule has 3 nitrogen and oxygen atoms in total. The van der Waals surface area contributed by atoms with E-state index in [0.717, 1.165) is 17.9 Å². The maximum absolute atomic E-state index is 12.6. The number of carbonyl (C=O) groups excluding carboxylic acids is 1. The van der Waals surface area contributed by atoms with Crippen LogP contribution < -0.4 is 4.74 Å². The summed E-state index contributed by atoms with van der Waals surface area (Å²) in [6.45, 7) is 0.675. The Morgan fingerprint density at radius 1 is 0.893 bits per heavy atom. The van der Waals surface area contributed by atoms with Gasteiger partial charge in [0, 0.05) is 29.2 Å². The first-order chi connectivity index (χ1) is 13.5. The van der Waals surface area contributed by atoms with Gasteiger partial charge in [-0.1, -0.05) is 35.3 Å². The van der Waals surface area contributed by atoms with Crippen LogP contribution in [0.2, 0.25) is 10.0 Å². The summed E-state index contributed by atoms with van der Waals surface area (Å²) in [7, 11) is 1.82. The summed E-state index contributed by atoms with van der Waals surface area (Å²) < 4.78 is 5.76. The maximum Gasteiger partial charge on any atom is 0.253 e. The third kappa shape index (κ3) is 5.75. The van der Waals surface area contributed by atoms with Gasteiger partial charge in [0.05, 0.1) is 0 Å². The van der Waals surface area contributed by atoms with Gasteiger partial charge < -0.3 is 9.64 Å². The molecule has 0 saturated heterocycles. The van der Waals surface area contributed by atoms with Gasteiger partial charge in [0.25, 0.3) is 5.91 Å².